The standard InChI is InChI=1S/C32H26ClN3O5/c1-2-3-18-41-32(40)22-10-6-11-24(19-22)36-30(38)27(33)28(31(36)39)34-23-16-14-21(15-17-23)29(37)35-26-13-7-9-20-8-4-5-12-25(20)26/h4-17,19,34H,2-3,18H2,1H3,(H,35,37). The van der Waals surface area contributed by atoms with Crippen LogP contribution in [0.15, 0.2) is 102 Å². The van der Waals surface area contributed by atoms with Gasteiger partial charge >= 0.3 is 5.97 Å². The molecule has 2 N–H and O–H groups in total. The second kappa shape index (κ2) is 12.1. The van der Waals surface area contributed by atoms with E-state index in [0.29, 0.717) is 16.9 Å². The van der Waals surface area contributed by atoms with E-state index in [0.717, 1.165) is 28.5 Å². The van der Waals surface area contributed by atoms with Crippen molar-refractivity contribution in [3.8, 4) is 0 Å². The third-order valence-electron chi connectivity index (χ3n) is 6.55. The highest BCUT2D eigenvalue weighted by molar-refractivity contribution is 6.53. The summed E-state index contributed by atoms with van der Waals surface area (Å²) in [5.74, 6) is -2.23. The molecule has 3 amide bonds. The lowest BCUT2D eigenvalue weighted by Gasteiger charge is -2.16. The molecule has 8 nitrogen and oxygen atoms in total. The van der Waals surface area contributed by atoms with Crippen LogP contribution in [0, 0.1) is 0 Å². The van der Waals surface area contributed by atoms with E-state index in [1.165, 1.54) is 12.1 Å². The molecule has 4 aromatic carbocycles. The quantitative estimate of drug-likeness (QED) is 0.136. The van der Waals surface area contributed by atoms with Gasteiger partial charge in [0, 0.05) is 22.3 Å². The molecular formula is C32H26ClN3O5. The first kappa shape index (κ1) is 27.6. The molecule has 5 rings (SSSR count). The molecule has 1 aliphatic heterocycles. The Balaban J connectivity index is 1.28. The molecule has 41 heavy (non-hydrogen) atoms. The van der Waals surface area contributed by atoms with Crippen LogP contribution in [-0.4, -0.2) is 30.3 Å². The number of imide groups is 1. The van der Waals surface area contributed by atoms with Crippen LogP contribution in [-0.2, 0) is 14.3 Å². The summed E-state index contributed by atoms with van der Waals surface area (Å²) in [6.07, 6.45) is 1.62. The minimum Gasteiger partial charge on any atom is -0.462 e. The molecule has 0 atom stereocenters. The summed E-state index contributed by atoms with van der Waals surface area (Å²) in [6, 6.07) is 25.9. The van der Waals surface area contributed by atoms with Gasteiger partial charge in [0.1, 0.15) is 10.7 Å². The fourth-order valence-electron chi connectivity index (χ4n) is 4.39. The Labute approximate surface area is 241 Å². The smallest absolute Gasteiger partial charge is 0.338 e. The van der Waals surface area contributed by atoms with E-state index in [4.69, 9.17) is 16.3 Å². The zero-order chi connectivity index (χ0) is 28.9. The molecule has 0 aliphatic carbocycles. The number of nitrogens with one attached hydrogen (secondary N) is 2. The number of rotatable bonds is 9. The van der Waals surface area contributed by atoms with Crippen LogP contribution < -0.4 is 15.5 Å². The van der Waals surface area contributed by atoms with E-state index in [9.17, 15) is 19.2 Å². The lowest BCUT2D eigenvalue weighted by atomic mass is 10.1. The molecule has 0 spiro atoms. The van der Waals surface area contributed by atoms with E-state index in [-0.39, 0.29) is 34.5 Å². The van der Waals surface area contributed by atoms with Gasteiger partial charge in [0.2, 0.25) is 0 Å². The van der Waals surface area contributed by atoms with E-state index in [1.807, 2.05) is 49.4 Å². The van der Waals surface area contributed by atoms with Gasteiger partial charge in [-0.1, -0.05) is 67.4 Å². The molecule has 206 valence electrons. The third kappa shape index (κ3) is 5.83. The second-order valence-electron chi connectivity index (χ2n) is 9.36. The maximum Gasteiger partial charge on any atom is 0.338 e. The Kier molecular flexibility index (Phi) is 8.12. The molecule has 0 radical (unpaired) electrons. The zero-order valence-corrected chi connectivity index (χ0v) is 22.9. The Morgan fingerprint density at radius 1 is 0.854 bits per heavy atom. The minimum absolute atomic E-state index is 0.111. The van der Waals surface area contributed by atoms with Gasteiger partial charge in [0.25, 0.3) is 17.7 Å². The average molecular weight is 568 g/mol. The van der Waals surface area contributed by atoms with Crippen molar-refractivity contribution in [2.45, 2.75) is 19.8 Å². The van der Waals surface area contributed by atoms with Crippen molar-refractivity contribution >= 4 is 63.1 Å². The van der Waals surface area contributed by atoms with Gasteiger partial charge in [0.15, 0.2) is 0 Å². The number of ether oxygens (including phenoxy) is 1. The second-order valence-corrected chi connectivity index (χ2v) is 9.74. The SMILES string of the molecule is CCCCOC(=O)c1cccc(N2C(=O)C(Cl)=C(Nc3ccc(C(=O)Nc4cccc5ccccc45)cc3)C2=O)c1. The number of carbonyl (C=O) groups excluding carboxylic acids is 4. The van der Waals surface area contributed by atoms with Crippen LogP contribution in [0.1, 0.15) is 40.5 Å². The summed E-state index contributed by atoms with van der Waals surface area (Å²) in [5.41, 5.74) is 1.86. The third-order valence-corrected chi connectivity index (χ3v) is 6.90. The largest absolute Gasteiger partial charge is 0.462 e. The molecular weight excluding hydrogens is 542 g/mol. The summed E-state index contributed by atoms with van der Waals surface area (Å²) < 4.78 is 5.23. The highest BCUT2D eigenvalue weighted by atomic mass is 35.5. The fraction of sp³-hybridized carbons (Fsp3) is 0.125. The predicted molar refractivity (Wildman–Crippen MR) is 159 cm³/mol. The fourth-order valence-corrected chi connectivity index (χ4v) is 4.60. The number of amides is 3. The Morgan fingerprint density at radius 2 is 1.59 bits per heavy atom. The lowest BCUT2D eigenvalue weighted by Crippen LogP contribution is -2.32. The molecule has 0 saturated heterocycles. The molecule has 0 aromatic heterocycles. The topological polar surface area (TPSA) is 105 Å². The van der Waals surface area contributed by atoms with Crippen molar-refractivity contribution in [3.05, 3.63) is 113 Å². The first-order valence-electron chi connectivity index (χ1n) is 13.1. The van der Waals surface area contributed by atoms with Crippen molar-refractivity contribution in [2.75, 3.05) is 22.1 Å². The number of nitrogens with zero attached hydrogens (tertiary/aromatic N) is 1. The Hall–Kier alpha value is -4.95. The van der Waals surface area contributed by atoms with Crippen molar-refractivity contribution in [3.63, 3.8) is 0 Å². The van der Waals surface area contributed by atoms with Crippen LogP contribution in [0.25, 0.3) is 10.8 Å². The number of anilines is 3. The van der Waals surface area contributed by atoms with Gasteiger partial charge in [0.05, 0.1) is 17.9 Å². The predicted octanol–water partition coefficient (Wildman–Crippen LogP) is 6.48. The minimum atomic E-state index is -0.721. The number of unbranched alkanes of at least 4 members (excludes halogenated alkanes) is 1. The van der Waals surface area contributed by atoms with Crippen molar-refractivity contribution < 1.29 is 23.9 Å². The highest BCUT2D eigenvalue weighted by Gasteiger charge is 2.39. The highest BCUT2D eigenvalue weighted by Crippen LogP contribution is 2.31. The molecule has 0 bridgehead atoms. The molecule has 9 heteroatoms. The number of fused-ring (bicyclic) bond motifs is 1. The molecule has 0 fully saturated rings. The summed E-state index contributed by atoms with van der Waals surface area (Å²) in [6.45, 7) is 2.27. The molecule has 1 heterocycles. The number of hydrogen-bond acceptors (Lipinski definition) is 6. The van der Waals surface area contributed by atoms with Crippen molar-refractivity contribution in [2.24, 2.45) is 0 Å². The van der Waals surface area contributed by atoms with Crippen LogP contribution in [0.5, 0.6) is 0 Å². The number of esters is 1. The number of hydrogen-bond donors (Lipinski definition) is 2. The lowest BCUT2D eigenvalue weighted by molar-refractivity contribution is -0.120. The van der Waals surface area contributed by atoms with Gasteiger partial charge in [-0.15, -0.1) is 0 Å². The Morgan fingerprint density at radius 3 is 2.37 bits per heavy atom. The molecule has 0 saturated carbocycles. The number of carbonyl (C=O) groups is 4. The average Bonchev–Trinajstić information content (AvgIpc) is 3.20. The first-order chi connectivity index (χ1) is 19.9. The van der Waals surface area contributed by atoms with E-state index in [2.05, 4.69) is 10.6 Å². The normalized spacial score (nSPS) is 13.1. The van der Waals surface area contributed by atoms with Gasteiger partial charge < -0.3 is 15.4 Å². The van der Waals surface area contributed by atoms with E-state index in [1.54, 1.807) is 36.4 Å². The van der Waals surface area contributed by atoms with Crippen LogP contribution in [0.3, 0.4) is 0 Å². The first-order valence-corrected chi connectivity index (χ1v) is 13.5. The maximum absolute atomic E-state index is 13.2. The summed E-state index contributed by atoms with van der Waals surface area (Å²) in [5, 5.41) is 7.48. The van der Waals surface area contributed by atoms with Crippen LogP contribution >= 0.6 is 11.6 Å². The Bertz CT molecular complexity index is 1690. The van der Waals surface area contributed by atoms with Crippen molar-refractivity contribution in [1.82, 2.24) is 0 Å². The molecule has 1 aliphatic rings. The van der Waals surface area contributed by atoms with E-state index >= 15 is 0 Å². The van der Waals surface area contributed by atoms with E-state index < -0.39 is 17.8 Å². The molecule has 0 unspecified atom stereocenters. The summed E-state index contributed by atoms with van der Waals surface area (Å²) in [4.78, 5) is 52.3. The maximum atomic E-state index is 13.2. The number of benzene rings is 4. The monoisotopic (exact) mass is 567 g/mol. The van der Waals surface area contributed by atoms with Crippen LogP contribution in [0.4, 0.5) is 17.1 Å². The number of halogens is 1. The molecule has 4 aromatic rings. The zero-order valence-electron chi connectivity index (χ0n) is 22.1. The van der Waals surface area contributed by atoms with Gasteiger partial charge in [-0.2, -0.15) is 0 Å². The summed E-state index contributed by atoms with van der Waals surface area (Å²) in [7, 11) is 0. The van der Waals surface area contributed by atoms with Gasteiger partial charge in [-0.25, -0.2) is 9.69 Å². The van der Waals surface area contributed by atoms with Crippen molar-refractivity contribution in [1.29, 1.82) is 0 Å². The van der Waals surface area contributed by atoms with Gasteiger partial charge in [-0.05, 0) is 60.3 Å². The van der Waals surface area contributed by atoms with Crippen LogP contribution in [0.2, 0.25) is 0 Å². The van der Waals surface area contributed by atoms with Gasteiger partial charge in [-0.3, -0.25) is 14.4 Å². The summed E-state index contributed by atoms with van der Waals surface area (Å²) >= 11 is 6.27.